The van der Waals surface area contributed by atoms with Gasteiger partial charge in [-0.15, -0.1) is 0 Å². The maximum absolute atomic E-state index is 5.98. The molecule has 1 nitrogen and oxygen atoms in total. The first-order valence-electron chi connectivity index (χ1n) is 5.88. The summed E-state index contributed by atoms with van der Waals surface area (Å²) in [6.45, 7) is 10.3. The van der Waals surface area contributed by atoms with E-state index in [4.69, 9.17) is 16.3 Å². The van der Waals surface area contributed by atoms with Gasteiger partial charge in [-0.05, 0) is 50.1 Å². The van der Waals surface area contributed by atoms with Crippen molar-refractivity contribution in [1.29, 1.82) is 0 Å². The summed E-state index contributed by atoms with van der Waals surface area (Å²) in [4.78, 5) is 0. The lowest BCUT2D eigenvalue weighted by atomic mass is 10.1. The third kappa shape index (κ3) is 4.80. The summed E-state index contributed by atoms with van der Waals surface area (Å²) in [7, 11) is 0. The van der Waals surface area contributed by atoms with Gasteiger partial charge in [0.1, 0.15) is 12.4 Å². The van der Waals surface area contributed by atoms with Crippen molar-refractivity contribution in [3.8, 4) is 0 Å². The van der Waals surface area contributed by atoms with Crippen molar-refractivity contribution in [2.75, 3.05) is 0 Å². The normalized spacial score (nSPS) is 11.0. The van der Waals surface area contributed by atoms with Crippen LogP contribution < -0.4 is 0 Å². The molecule has 0 atom stereocenters. The largest absolute Gasteiger partial charge is 0.489 e. The summed E-state index contributed by atoms with van der Waals surface area (Å²) in [5, 5.41) is 0.780. The molecule has 2 heteroatoms. The average molecular weight is 263 g/mol. The summed E-state index contributed by atoms with van der Waals surface area (Å²) < 4.78 is 5.68. The van der Waals surface area contributed by atoms with Crippen LogP contribution in [0.3, 0.4) is 0 Å². The Labute approximate surface area is 114 Å². The zero-order chi connectivity index (χ0) is 13.5. The summed E-state index contributed by atoms with van der Waals surface area (Å²) in [5.74, 6) is 0.767. The molecule has 0 aromatic heterocycles. The van der Waals surface area contributed by atoms with Crippen molar-refractivity contribution in [3.05, 3.63) is 70.5 Å². The van der Waals surface area contributed by atoms with Crippen LogP contribution in [0.25, 0.3) is 0 Å². The molecule has 0 spiro atoms. The van der Waals surface area contributed by atoms with E-state index in [1.165, 1.54) is 5.57 Å². The molecule has 0 radical (unpaired) electrons. The highest BCUT2D eigenvalue weighted by Crippen LogP contribution is 2.17. The van der Waals surface area contributed by atoms with Gasteiger partial charge in [0.25, 0.3) is 0 Å². The maximum Gasteiger partial charge on any atom is 0.119 e. The second-order valence-corrected chi connectivity index (χ2v) is 4.80. The van der Waals surface area contributed by atoms with Crippen molar-refractivity contribution in [2.45, 2.75) is 27.4 Å². The highest BCUT2D eigenvalue weighted by Gasteiger charge is 1.99. The van der Waals surface area contributed by atoms with Crippen molar-refractivity contribution >= 4 is 11.6 Å². The Morgan fingerprint density at radius 2 is 2.06 bits per heavy atom. The van der Waals surface area contributed by atoms with Crippen LogP contribution in [-0.2, 0) is 11.3 Å². The van der Waals surface area contributed by atoms with E-state index in [0.29, 0.717) is 6.61 Å². The van der Waals surface area contributed by atoms with Crippen LogP contribution in [0.5, 0.6) is 0 Å². The van der Waals surface area contributed by atoms with Gasteiger partial charge in [-0.25, -0.2) is 0 Å². The van der Waals surface area contributed by atoms with E-state index in [9.17, 15) is 0 Å². The van der Waals surface area contributed by atoms with E-state index in [1.54, 1.807) is 6.08 Å². The molecule has 18 heavy (non-hydrogen) atoms. The van der Waals surface area contributed by atoms with Crippen LogP contribution >= 0.6 is 11.6 Å². The lowest BCUT2D eigenvalue weighted by molar-refractivity contribution is 0.211. The Hall–Kier alpha value is -1.47. The fraction of sp³-hybridized carbons (Fsp3) is 0.250. The number of halogens is 1. The predicted molar refractivity (Wildman–Crippen MR) is 78.7 cm³/mol. The maximum atomic E-state index is 5.98. The van der Waals surface area contributed by atoms with Gasteiger partial charge in [-0.2, -0.15) is 0 Å². The molecule has 96 valence electrons. The molecule has 0 saturated carbocycles. The summed E-state index contributed by atoms with van der Waals surface area (Å²) in [6.07, 6.45) is 5.64. The fourth-order valence-corrected chi connectivity index (χ4v) is 1.50. The summed E-state index contributed by atoms with van der Waals surface area (Å²) in [5.41, 5.74) is 3.38. The summed E-state index contributed by atoms with van der Waals surface area (Å²) in [6, 6.07) is 5.89. The highest BCUT2D eigenvalue weighted by molar-refractivity contribution is 6.31. The van der Waals surface area contributed by atoms with E-state index < -0.39 is 0 Å². The molecule has 0 aliphatic rings. The smallest absolute Gasteiger partial charge is 0.119 e. The van der Waals surface area contributed by atoms with E-state index in [-0.39, 0.29) is 0 Å². The molecular weight excluding hydrogens is 244 g/mol. The molecule has 0 saturated heterocycles. The molecular formula is C16H19ClO. The number of rotatable bonds is 5. The van der Waals surface area contributed by atoms with Crippen LogP contribution in [0.15, 0.2) is 54.3 Å². The van der Waals surface area contributed by atoms with Gasteiger partial charge in [-0.3, -0.25) is 0 Å². The minimum atomic E-state index is 0.520. The Kier molecular flexibility index (Phi) is 5.73. The van der Waals surface area contributed by atoms with E-state index in [1.807, 2.05) is 51.1 Å². The average Bonchev–Trinajstić information content (AvgIpc) is 2.33. The van der Waals surface area contributed by atoms with Gasteiger partial charge in [0, 0.05) is 5.02 Å². The SMILES string of the molecule is C=C/C(=C\C=C(C)C)OCc1ccc(Cl)c(C)c1. The Bertz CT molecular complexity index is 480. The van der Waals surface area contributed by atoms with Crippen molar-refractivity contribution in [3.63, 3.8) is 0 Å². The second kappa shape index (κ2) is 7.07. The zero-order valence-corrected chi connectivity index (χ0v) is 11.9. The number of aryl methyl sites for hydroxylation is 1. The van der Waals surface area contributed by atoms with Crippen LogP contribution in [0.4, 0.5) is 0 Å². The number of benzene rings is 1. The zero-order valence-electron chi connectivity index (χ0n) is 11.2. The van der Waals surface area contributed by atoms with Gasteiger partial charge in [0.15, 0.2) is 0 Å². The lowest BCUT2D eigenvalue weighted by Crippen LogP contribution is -1.92. The van der Waals surface area contributed by atoms with Crippen molar-refractivity contribution in [1.82, 2.24) is 0 Å². The topological polar surface area (TPSA) is 9.23 Å². The Morgan fingerprint density at radius 1 is 1.33 bits per heavy atom. The molecule has 1 rings (SSSR count). The van der Waals surface area contributed by atoms with Crippen LogP contribution in [0.2, 0.25) is 5.02 Å². The predicted octanol–water partition coefficient (Wildman–Crippen LogP) is 5.20. The minimum Gasteiger partial charge on any atom is -0.489 e. The van der Waals surface area contributed by atoms with Crippen molar-refractivity contribution in [2.24, 2.45) is 0 Å². The summed E-state index contributed by atoms with van der Waals surface area (Å²) >= 11 is 5.98. The third-order valence-corrected chi connectivity index (χ3v) is 2.83. The number of hydrogen-bond acceptors (Lipinski definition) is 1. The molecule has 0 N–H and O–H groups in total. The van der Waals surface area contributed by atoms with Crippen LogP contribution in [0, 0.1) is 6.92 Å². The molecule has 0 heterocycles. The molecule has 1 aromatic carbocycles. The molecule has 0 aliphatic carbocycles. The van der Waals surface area contributed by atoms with Gasteiger partial charge in [-0.1, -0.05) is 42.0 Å². The van der Waals surface area contributed by atoms with Gasteiger partial charge in [0.2, 0.25) is 0 Å². The third-order valence-electron chi connectivity index (χ3n) is 2.41. The van der Waals surface area contributed by atoms with Crippen LogP contribution in [0.1, 0.15) is 25.0 Å². The first-order chi connectivity index (χ1) is 8.52. The van der Waals surface area contributed by atoms with Gasteiger partial charge < -0.3 is 4.74 Å². The Morgan fingerprint density at radius 3 is 2.61 bits per heavy atom. The first-order valence-corrected chi connectivity index (χ1v) is 6.26. The van der Waals surface area contributed by atoms with E-state index >= 15 is 0 Å². The molecule has 0 unspecified atom stereocenters. The minimum absolute atomic E-state index is 0.520. The molecule has 0 bridgehead atoms. The number of ether oxygens (including phenoxy) is 1. The first kappa shape index (κ1) is 14.6. The second-order valence-electron chi connectivity index (χ2n) is 4.39. The standard InChI is InChI=1S/C16H19ClO/c1-5-15(8-6-12(2)3)18-11-14-7-9-16(17)13(4)10-14/h5-10H,1,11H2,2-4H3/b15-8+. The molecule has 0 aliphatic heterocycles. The van der Waals surface area contributed by atoms with Gasteiger partial charge in [0.05, 0.1) is 0 Å². The van der Waals surface area contributed by atoms with Crippen molar-refractivity contribution < 1.29 is 4.74 Å². The molecule has 0 amide bonds. The number of allylic oxidation sites excluding steroid dienone is 4. The Balaban J connectivity index is 2.68. The van der Waals surface area contributed by atoms with E-state index in [0.717, 1.165) is 21.9 Å². The monoisotopic (exact) mass is 262 g/mol. The quantitative estimate of drug-likeness (QED) is 0.523. The van der Waals surface area contributed by atoms with E-state index in [2.05, 4.69) is 6.58 Å². The van der Waals surface area contributed by atoms with Crippen LogP contribution in [-0.4, -0.2) is 0 Å². The van der Waals surface area contributed by atoms with Gasteiger partial charge >= 0.3 is 0 Å². The molecule has 1 aromatic rings. The fourth-order valence-electron chi connectivity index (χ4n) is 1.39. The molecule has 0 fully saturated rings. The lowest BCUT2D eigenvalue weighted by Gasteiger charge is -2.08. The highest BCUT2D eigenvalue weighted by atomic mass is 35.5. The number of hydrogen-bond donors (Lipinski definition) is 0.